The molecule has 1 N–H and O–H groups in total. The quantitative estimate of drug-likeness (QED) is 0.318. The van der Waals surface area contributed by atoms with E-state index in [-0.39, 0.29) is 23.4 Å². The van der Waals surface area contributed by atoms with Gasteiger partial charge in [-0.3, -0.25) is 13.9 Å². The van der Waals surface area contributed by atoms with Crippen LogP contribution >= 0.6 is 15.9 Å². The molecule has 0 spiro atoms. The summed E-state index contributed by atoms with van der Waals surface area (Å²) in [5, 5.41) is 3.08. The van der Waals surface area contributed by atoms with E-state index in [9.17, 15) is 18.0 Å². The number of halogens is 1. The van der Waals surface area contributed by atoms with Crippen LogP contribution in [0.25, 0.3) is 0 Å². The molecule has 10 heteroatoms. The van der Waals surface area contributed by atoms with Crippen molar-refractivity contribution in [1.82, 2.24) is 10.2 Å². The maximum Gasteiger partial charge on any atom is 0.264 e. The number of methoxy groups -OCH3 is 1. The molecule has 4 rings (SSSR count). The molecule has 1 atom stereocenters. The lowest BCUT2D eigenvalue weighted by Gasteiger charge is -2.32. The van der Waals surface area contributed by atoms with Crippen LogP contribution in [0.1, 0.15) is 38.2 Å². The fraction of sp³-hybridized carbons (Fsp3) is 0.333. The first kappa shape index (κ1) is 29.6. The third-order valence-corrected chi connectivity index (χ3v) is 9.40. The topological polar surface area (TPSA) is 96.0 Å². The molecular formula is C30H34BrN3O5S. The highest BCUT2D eigenvalue weighted by Gasteiger charge is 2.33. The van der Waals surface area contributed by atoms with Gasteiger partial charge in [-0.1, -0.05) is 59.1 Å². The van der Waals surface area contributed by atoms with Crippen molar-refractivity contribution in [2.45, 2.75) is 56.1 Å². The van der Waals surface area contributed by atoms with Gasteiger partial charge in [0.25, 0.3) is 10.0 Å². The highest BCUT2D eigenvalue weighted by molar-refractivity contribution is 9.10. The molecular weight excluding hydrogens is 594 g/mol. The minimum Gasteiger partial charge on any atom is -0.497 e. The highest BCUT2D eigenvalue weighted by atomic mass is 79.9. The van der Waals surface area contributed by atoms with E-state index in [4.69, 9.17) is 4.74 Å². The van der Waals surface area contributed by atoms with E-state index in [1.165, 1.54) is 17.0 Å². The summed E-state index contributed by atoms with van der Waals surface area (Å²) in [6, 6.07) is 21.2. The zero-order valence-electron chi connectivity index (χ0n) is 22.6. The monoisotopic (exact) mass is 627 g/mol. The van der Waals surface area contributed by atoms with Crippen LogP contribution < -0.4 is 14.4 Å². The number of sulfonamides is 1. The number of hydrogen-bond donors (Lipinski definition) is 1. The SMILES string of the molecule is COc1cccc(CN(C(=O)CN(c2ccc(Br)cc2)S(=O)(=O)c2ccccc2)C(C)C(=O)NC2CCCC2)c1. The van der Waals surface area contributed by atoms with Crippen LogP contribution in [0, 0.1) is 0 Å². The summed E-state index contributed by atoms with van der Waals surface area (Å²) in [7, 11) is -2.53. The van der Waals surface area contributed by atoms with Crippen molar-refractivity contribution in [2.24, 2.45) is 0 Å². The third kappa shape index (κ3) is 7.22. The number of carbonyl (C=O) groups excluding carboxylic acids is 2. The lowest BCUT2D eigenvalue weighted by Crippen LogP contribution is -2.52. The number of anilines is 1. The molecule has 8 nitrogen and oxygen atoms in total. The zero-order valence-corrected chi connectivity index (χ0v) is 25.0. The average molecular weight is 629 g/mol. The molecule has 3 aromatic carbocycles. The molecule has 1 aliphatic carbocycles. The van der Waals surface area contributed by atoms with E-state index in [0.29, 0.717) is 11.4 Å². The van der Waals surface area contributed by atoms with Gasteiger partial charge in [-0.2, -0.15) is 0 Å². The molecule has 0 radical (unpaired) electrons. The Morgan fingerprint density at radius 3 is 2.33 bits per heavy atom. The summed E-state index contributed by atoms with van der Waals surface area (Å²) >= 11 is 3.39. The molecule has 0 bridgehead atoms. The number of nitrogens with zero attached hydrogens (tertiary/aromatic N) is 2. The van der Waals surface area contributed by atoms with E-state index < -0.39 is 28.5 Å². The van der Waals surface area contributed by atoms with Crippen LogP contribution in [0.15, 0.2) is 88.2 Å². The number of carbonyl (C=O) groups is 2. The van der Waals surface area contributed by atoms with Gasteiger partial charge in [-0.05, 0) is 73.9 Å². The minimum absolute atomic E-state index is 0.0667. The molecule has 3 aromatic rings. The molecule has 40 heavy (non-hydrogen) atoms. The fourth-order valence-electron chi connectivity index (χ4n) is 4.80. The Hall–Kier alpha value is -3.37. The lowest BCUT2D eigenvalue weighted by atomic mass is 10.1. The van der Waals surface area contributed by atoms with Crippen molar-refractivity contribution in [3.8, 4) is 5.75 Å². The number of benzene rings is 3. The van der Waals surface area contributed by atoms with Crippen LogP contribution in [0.3, 0.4) is 0 Å². The fourth-order valence-corrected chi connectivity index (χ4v) is 6.50. The van der Waals surface area contributed by atoms with E-state index in [1.54, 1.807) is 68.6 Å². The Labute approximate surface area is 244 Å². The third-order valence-electron chi connectivity index (χ3n) is 7.08. The van der Waals surface area contributed by atoms with E-state index in [0.717, 1.165) is 40.0 Å². The van der Waals surface area contributed by atoms with Crippen molar-refractivity contribution in [3.63, 3.8) is 0 Å². The smallest absolute Gasteiger partial charge is 0.264 e. The summed E-state index contributed by atoms with van der Waals surface area (Å²) in [6.07, 6.45) is 3.94. The first-order valence-corrected chi connectivity index (χ1v) is 15.5. The van der Waals surface area contributed by atoms with Crippen LogP contribution in [0.4, 0.5) is 5.69 Å². The minimum atomic E-state index is -4.09. The standard InChI is InChI=1S/C30H34BrN3O5S/c1-22(30(36)32-25-10-6-7-11-25)33(20-23-9-8-12-27(19-23)39-2)29(35)21-34(26-17-15-24(31)16-18-26)40(37,38)28-13-4-3-5-14-28/h3-5,8-9,12-19,22,25H,6-7,10-11,20-21H2,1-2H3,(H,32,36). The summed E-state index contributed by atoms with van der Waals surface area (Å²) in [5.74, 6) is -0.139. The van der Waals surface area contributed by atoms with Gasteiger partial charge >= 0.3 is 0 Å². The normalized spacial score (nSPS) is 14.4. The van der Waals surface area contributed by atoms with E-state index in [1.807, 2.05) is 12.1 Å². The molecule has 0 aromatic heterocycles. The van der Waals surface area contributed by atoms with Crippen molar-refractivity contribution in [1.29, 1.82) is 0 Å². The first-order valence-electron chi connectivity index (χ1n) is 13.2. The van der Waals surface area contributed by atoms with Crippen LogP contribution in [-0.4, -0.2) is 50.9 Å². The largest absolute Gasteiger partial charge is 0.497 e. The van der Waals surface area contributed by atoms with Gasteiger partial charge in [0.05, 0.1) is 17.7 Å². The predicted molar refractivity (Wildman–Crippen MR) is 159 cm³/mol. The summed E-state index contributed by atoms with van der Waals surface area (Å²) < 4.78 is 34.8. The molecule has 0 aliphatic heterocycles. The van der Waals surface area contributed by atoms with E-state index in [2.05, 4.69) is 21.2 Å². The average Bonchev–Trinajstić information content (AvgIpc) is 3.48. The van der Waals surface area contributed by atoms with E-state index >= 15 is 0 Å². The van der Waals surface area contributed by atoms with Crippen molar-refractivity contribution in [2.75, 3.05) is 18.0 Å². The Morgan fingerprint density at radius 2 is 1.68 bits per heavy atom. The van der Waals surface area contributed by atoms with Crippen molar-refractivity contribution < 1.29 is 22.7 Å². The summed E-state index contributed by atoms with van der Waals surface area (Å²) in [6.45, 7) is 1.30. The Kier molecular flexibility index (Phi) is 9.86. The summed E-state index contributed by atoms with van der Waals surface area (Å²) in [5.41, 5.74) is 1.10. The van der Waals surface area contributed by atoms with Crippen molar-refractivity contribution >= 4 is 43.5 Å². The molecule has 2 amide bonds. The van der Waals surface area contributed by atoms with Gasteiger partial charge in [-0.25, -0.2) is 8.42 Å². The first-order chi connectivity index (χ1) is 19.2. The van der Waals surface area contributed by atoms with Gasteiger partial charge in [-0.15, -0.1) is 0 Å². The number of ether oxygens (including phenoxy) is 1. The molecule has 1 saturated carbocycles. The molecule has 1 aliphatic rings. The highest BCUT2D eigenvalue weighted by Crippen LogP contribution is 2.26. The van der Waals surface area contributed by atoms with Crippen molar-refractivity contribution in [3.05, 3.63) is 88.9 Å². The Bertz CT molecular complexity index is 1410. The Morgan fingerprint density at radius 1 is 1.00 bits per heavy atom. The zero-order chi connectivity index (χ0) is 28.7. The molecule has 0 saturated heterocycles. The lowest BCUT2D eigenvalue weighted by molar-refractivity contribution is -0.139. The Balaban J connectivity index is 1.68. The summed E-state index contributed by atoms with van der Waals surface area (Å²) in [4.78, 5) is 28.8. The molecule has 0 heterocycles. The molecule has 1 unspecified atom stereocenters. The van der Waals surface area contributed by atoms with Gasteiger partial charge in [0, 0.05) is 17.1 Å². The maximum absolute atomic E-state index is 14.0. The number of amides is 2. The van der Waals surface area contributed by atoms with Gasteiger partial charge < -0.3 is 15.0 Å². The second-order valence-electron chi connectivity index (χ2n) is 9.84. The maximum atomic E-state index is 14.0. The number of rotatable bonds is 11. The second kappa shape index (κ2) is 13.3. The molecule has 1 fully saturated rings. The van der Waals surface area contributed by atoms with Gasteiger partial charge in [0.15, 0.2) is 0 Å². The van der Waals surface area contributed by atoms with Crippen LogP contribution in [0.5, 0.6) is 5.75 Å². The predicted octanol–water partition coefficient (Wildman–Crippen LogP) is 5.13. The second-order valence-corrected chi connectivity index (χ2v) is 12.6. The number of hydrogen-bond acceptors (Lipinski definition) is 5. The van der Waals surface area contributed by atoms with Crippen LogP contribution in [0.2, 0.25) is 0 Å². The van der Waals surface area contributed by atoms with Gasteiger partial charge in [0.2, 0.25) is 11.8 Å². The molecule has 212 valence electrons. The van der Waals surface area contributed by atoms with Crippen LogP contribution in [-0.2, 0) is 26.2 Å². The van der Waals surface area contributed by atoms with Gasteiger partial charge in [0.1, 0.15) is 18.3 Å². The number of nitrogens with one attached hydrogen (secondary N) is 1.